The predicted octanol–water partition coefficient (Wildman–Crippen LogP) is 2.38. The number of rotatable bonds is 9. The van der Waals surface area contributed by atoms with E-state index in [1.165, 1.54) is 41.1 Å². The predicted molar refractivity (Wildman–Crippen MR) is 124 cm³/mol. The van der Waals surface area contributed by atoms with Gasteiger partial charge in [0.15, 0.2) is 16.8 Å². The maximum absolute atomic E-state index is 13.9. The second kappa shape index (κ2) is 10.9. The molecule has 1 N–H and O–H groups in total. The van der Waals surface area contributed by atoms with Crippen LogP contribution in [0.3, 0.4) is 0 Å². The van der Waals surface area contributed by atoms with Crippen LogP contribution in [0.2, 0.25) is 0 Å². The second-order valence-electron chi connectivity index (χ2n) is 7.26. The van der Waals surface area contributed by atoms with Crippen LogP contribution in [-0.4, -0.2) is 70.5 Å². The van der Waals surface area contributed by atoms with Gasteiger partial charge in [0.2, 0.25) is 5.88 Å². The summed E-state index contributed by atoms with van der Waals surface area (Å²) >= 11 is 2.31. The summed E-state index contributed by atoms with van der Waals surface area (Å²) in [5.41, 5.74) is 1.00. The number of nitrogens with zero attached hydrogens (tertiary/aromatic N) is 6. The van der Waals surface area contributed by atoms with Gasteiger partial charge in [-0.2, -0.15) is 17.7 Å². The molecule has 182 valence electrons. The SMILES string of the molecule is COc1cc(NS(=O)(=O)N2CCN(Cc3csnn3)CC2)nc(SCc2cccc(F)c2F)n1. The molecule has 3 aromatic rings. The summed E-state index contributed by atoms with van der Waals surface area (Å²) in [4.78, 5) is 10.5. The van der Waals surface area contributed by atoms with Crippen molar-refractivity contribution in [3.63, 3.8) is 0 Å². The van der Waals surface area contributed by atoms with Gasteiger partial charge in [0.25, 0.3) is 0 Å². The summed E-state index contributed by atoms with van der Waals surface area (Å²) in [7, 11) is -2.49. The third kappa shape index (κ3) is 6.15. The lowest BCUT2D eigenvalue weighted by molar-refractivity contribution is 0.180. The molecule has 10 nitrogen and oxygen atoms in total. The number of halogens is 2. The van der Waals surface area contributed by atoms with E-state index in [4.69, 9.17) is 4.74 Å². The van der Waals surface area contributed by atoms with Crippen LogP contribution in [0.25, 0.3) is 0 Å². The number of hydrogen-bond acceptors (Lipinski definition) is 10. The molecule has 1 aliphatic heterocycles. The Hall–Kier alpha value is -2.46. The molecule has 0 amide bonds. The van der Waals surface area contributed by atoms with Gasteiger partial charge in [-0.3, -0.25) is 9.62 Å². The van der Waals surface area contributed by atoms with Crippen molar-refractivity contribution in [2.45, 2.75) is 17.5 Å². The molecule has 1 aromatic carbocycles. The molecule has 1 saturated heterocycles. The largest absolute Gasteiger partial charge is 0.481 e. The van der Waals surface area contributed by atoms with Crippen molar-refractivity contribution in [1.82, 2.24) is 28.8 Å². The fourth-order valence-corrected chi connectivity index (χ4v) is 5.64. The Kier molecular flexibility index (Phi) is 7.88. The Morgan fingerprint density at radius 1 is 1.21 bits per heavy atom. The zero-order valence-electron chi connectivity index (χ0n) is 18.0. The Morgan fingerprint density at radius 3 is 2.71 bits per heavy atom. The summed E-state index contributed by atoms with van der Waals surface area (Å²) in [5, 5.41) is 6.04. The smallest absolute Gasteiger partial charge is 0.302 e. The number of aromatic nitrogens is 4. The highest BCUT2D eigenvalue weighted by Gasteiger charge is 2.28. The molecule has 0 bridgehead atoms. The van der Waals surface area contributed by atoms with E-state index in [0.717, 1.165) is 23.5 Å². The van der Waals surface area contributed by atoms with Crippen molar-refractivity contribution in [3.05, 3.63) is 52.5 Å². The molecule has 1 fully saturated rings. The number of methoxy groups -OCH3 is 1. The third-order valence-electron chi connectivity index (χ3n) is 4.98. The van der Waals surface area contributed by atoms with E-state index in [9.17, 15) is 17.2 Å². The van der Waals surface area contributed by atoms with E-state index in [0.29, 0.717) is 32.7 Å². The highest BCUT2D eigenvalue weighted by Crippen LogP contribution is 2.26. The van der Waals surface area contributed by atoms with Crippen molar-refractivity contribution in [2.75, 3.05) is 38.0 Å². The van der Waals surface area contributed by atoms with E-state index in [1.54, 1.807) is 0 Å². The average molecular weight is 530 g/mol. The van der Waals surface area contributed by atoms with Crippen LogP contribution in [0.15, 0.2) is 34.8 Å². The topological polar surface area (TPSA) is 113 Å². The second-order valence-corrected chi connectivity index (χ2v) is 10.5. The highest BCUT2D eigenvalue weighted by molar-refractivity contribution is 7.98. The number of anilines is 1. The molecule has 1 aliphatic rings. The van der Waals surface area contributed by atoms with Crippen molar-refractivity contribution >= 4 is 39.3 Å². The molecule has 3 heterocycles. The summed E-state index contributed by atoms with van der Waals surface area (Å²) in [6.45, 7) is 2.32. The molecular formula is C19H21F2N7O3S3. The Morgan fingerprint density at radius 2 is 2.00 bits per heavy atom. The van der Waals surface area contributed by atoms with Gasteiger partial charge in [-0.05, 0) is 17.6 Å². The Labute approximate surface area is 203 Å². The van der Waals surface area contributed by atoms with E-state index in [1.807, 2.05) is 5.38 Å². The lowest BCUT2D eigenvalue weighted by atomic mass is 10.2. The zero-order chi connectivity index (χ0) is 24.1. The first kappa shape index (κ1) is 24.7. The van der Waals surface area contributed by atoms with Crippen molar-refractivity contribution < 1.29 is 21.9 Å². The Balaban J connectivity index is 1.40. The van der Waals surface area contributed by atoms with Gasteiger partial charge in [0.1, 0.15) is 5.82 Å². The average Bonchev–Trinajstić information content (AvgIpc) is 3.33. The third-order valence-corrected chi connectivity index (χ3v) is 7.94. The quantitative estimate of drug-likeness (QED) is 0.330. The monoisotopic (exact) mass is 529 g/mol. The molecule has 2 aromatic heterocycles. The molecule has 0 saturated carbocycles. The number of thioether (sulfide) groups is 1. The van der Waals surface area contributed by atoms with Gasteiger partial charge in [-0.25, -0.2) is 13.8 Å². The molecular weight excluding hydrogens is 508 g/mol. The van der Waals surface area contributed by atoms with Crippen LogP contribution in [0.1, 0.15) is 11.3 Å². The minimum Gasteiger partial charge on any atom is -0.481 e. The van der Waals surface area contributed by atoms with Gasteiger partial charge >= 0.3 is 10.2 Å². The van der Waals surface area contributed by atoms with Gasteiger partial charge in [-0.1, -0.05) is 28.4 Å². The molecule has 0 unspecified atom stereocenters. The first-order valence-corrected chi connectivity index (χ1v) is 13.3. The molecule has 0 atom stereocenters. The lowest BCUT2D eigenvalue weighted by Crippen LogP contribution is -2.49. The van der Waals surface area contributed by atoms with Crippen LogP contribution < -0.4 is 9.46 Å². The van der Waals surface area contributed by atoms with Gasteiger partial charge < -0.3 is 4.74 Å². The van der Waals surface area contributed by atoms with Crippen molar-refractivity contribution in [2.24, 2.45) is 0 Å². The van der Waals surface area contributed by atoms with Crippen molar-refractivity contribution in [3.8, 4) is 5.88 Å². The minimum absolute atomic E-state index is 0.0186. The summed E-state index contributed by atoms with van der Waals surface area (Å²) < 4.78 is 66.0. The van der Waals surface area contributed by atoms with Gasteiger partial charge in [0.05, 0.1) is 12.8 Å². The minimum atomic E-state index is -3.88. The van der Waals surface area contributed by atoms with Crippen LogP contribution in [-0.2, 0) is 22.5 Å². The fraction of sp³-hybridized carbons (Fsp3) is 0.368. The summed E-state index contributed by atoms with van der Waals surface area (Å²) in [6.07, 6.45) is 0. The van der Waals surface area contributed by atoms with Gasteiger partial charge in [-0.15, -0.1) is 5.10 Å². The lowest BCUT2D eigenvalue weighted by Gasteiger charge is -2.33. The van der Waals surface area contributed by atoms with Crippen LogP contribution in [0.5, 0.6) is 5.88 Å². The van der Waals surface area contributed by atoms with Crippen molar-refractivity contribution in [1.29, 1.82) is 0 Å². The highest BCUT2D eigenvalue weighted by atomic mass is 32.2. The first-order chi connectivity index (χ1) is 16.3. The normalized spacial score (nSPS) is 15.4. The van der Waals surface area contributed by atoms with Gasteiger partial charge in [0, 0.05) is 55.5 Å². The Bertz CT molecular complexity index is 1220. The van der Waals surface area contributed by atoms with E-state index >= 15 is 0 Å². The molecule has 15 heteroatoms. The molecule has 0 spiro atoms. The number of nitrogens with one attached hydrogen (secondary N) is 1. The van der Waals surface area contributed by atoms with E-state index in [-0.39, 0.29) is 28.2 Å². The van der Waals surface area contributed by atoms with Crippen LogP contribution in [0.4, 0.5) is 14.6 Å². The molecule has 0 aliphatic carbocycles. The number of hydrogen-bond donors (Lipinski definition) is 1. The van der Waals surface area contributed by atoms with E-state index in [2.05, 4.69) is 29.2 Å². The number of piperazine rings is 1. The maximum atomic E-state index is 13.9. The first-order valence-electron chi connectivity index (χ1n) is 10.1. The zero-order valence-corrected chi connectivity index (χ0v) is 20.5. The van der Waals surface area contributed by atoms with Crippen LogP contribution >= 0.6 is 23.3 Å². The molecule has 34 heavy (non-hydrogen) atoms. The van der Waals surface area contributed by atoms with Crippen LogP contribution in [0, 0.1) is 11.6 Å². The number of benzene rings is 1. The summed E-state index contributed by atoms with van der Waals surface area (Å²) in [6, 6.07) is 5.26. The summed E-state index contributed by atoms with van der Waals surface area (Å²) in [5.74, 6) is -1.67. The number of ether oxygens (including phenoxy) is 1. The maximum Gasteiger partial charge on any atom is 0.302 e. The van der Waals surface area contributed by atoms with E-state index < -0.39 is 21.8 Å². The fourth-order valence-electron chi connectivity index (χ4n) is 3.23. The standard InChI is InChI=1S/C19H21F2N7O3S3/c1-31-17-9-16(22-19(23-17)32-11-13-3-2-4-15(20)18(13)21)25-34(29,30)28-7-5-27(6-8-28)10-14-12-33-26-24-14/h2-4,9,12H,5-8,10-11H2,1H3,(H,22,23,25). The molecule has 4 rings (SSSR count). The molecule has 0 radical (unpaired) electrons.